The Labute approximate surface area is 118 Å². The van der Waals surface area contributed by atoms with E-state index >= 15 is 0 Å². The molecule has 0 aliphatic heterocycles. The summed E-state index contributed by atoms with van der Waals surface area (Å²) in [5.74, 6) is 1.61. The van der Waals surface area contributed by atoms with E-state index in [2.05, 4.69) is 27.5 Å². The lowest BCUT2D eigenvalue weighted by Crippen LogP contribution is -2.09. The minimum absolute atomic E-state index is 0.128. The van der Waals surface area contributed by atoms with Crippen molar-refractivity contribution in [2.24, 2.45) is 0 Å². The second kappa shape index (κ2) is 6.38. The fourth-order valence-electron chi connectivity index (χ4n) is 1.80. The third-order valence-electron chi connectivity index (χ3n) is 2.74. The van der Waals surface area contributed by atoms with Gasteiger partial charge in [0.2, 0.25) is 0 Å². The van der Waals surface area contributed by atoms with Crippen molar-refractivity contribution in [1.82, 2.24) is 9.97 Å². The van der Waals surface area contributed by atoms with Crippen molar-refractivity contribution in [3.05, 3.63) is 47.2 Å². The molecular weight excluding hydrogens is 260 g/mol. The van der Waals surface area contributed by atoms with Gasteiger partial charge < -0.3 is 10.6 Å². The molecule has 0 spiro atoms. The Balaban J connectivity index is 2.10. The monoisotopic (exact) mass is 276 g/mol. The highest BCUT2D eigenvalue weighted by atomic mass is 35.5. The van der Waals surface area contributed by atoms with Gasteiger partial charge in [0, 0.05) is 23.7 Å². The molecule has 19 heavy (non-hydrogen) atoms. The topological polar surface area (TPSA) is 49.8 Å². The maximum Gasteiger partial charge on any atom is 0.131 e. The zero-order chi connectivity index (χ0) is 13.7. The van der Waals surface area contributed by atoms with E-state index in [-0.39, 0.29) is 6.04 Å². The Kier molecular flexibility index (Phi) is 4.58. The van der Waals surface area contributed by atoms with Crippen LogP contribution in [0, 0.1) is 0 Å². The number of anilines is 2. The predicted octanol–water partition coefficient (Wildman–Crippen LogP) is 3.73. The van der Waals surface area contributed by atoms with Crippen LogP contribution in [0.1, 0.15) is 25.5 Å². The van der Waals surface area contributed by atoms with Gasteiger partial charge in [-0.05, 0) is 31.5 Å². The summed E-state index contributed by atoms with van der Waals surface area (Å²) >= 11 is 5.99. The van der Waals surface area contributed by atoms with Crippen molar-refractivity contribution in [3.63, 3.8) is 0 Å². The summed E-state index contributed by atoms with van der Waals surface area (Å²) in [6, 6.07) is 9.82. The first-order valence-electron chi connectivity index (χ1n) is 6.27. The maximum absolute atomic E-state index is 5.99. The van der Waals surface area contributed by atoms with Crippen molar-refractivity contribution in [2.45, 2.75) is 19.9 Å². The molecule has 0 saturated heterocycles. The summed E-state index contributed by atoms with van der Waals surface area (Å²) in [4.78, 5) is 8.35. The molecule has 100 valence electrons. The summed E-state index contributed by atoms with van der Waals surface area (Å²) < 4.78 is 0. The average Bonchev–Trinajstić information content (AvgIpc) is 2.39. The van der Waals surface area contributed by atoms with Crippen LogP contribution in [-0.2, 0) is 0 Å². The van der Waals surface area contributed by atoms with Gasteiger partial charge in [-0.15, -0.1) is 0 Å². The molecular formula is C14H17ClN4. The fraction of sp³-hybridized carbons (Fsp3) is 0.286. The Morgan fingerprint density at radius 1 is 1.21 bits per heavy atom. The normalized spacial score (nSPS) is 11.9. The van der Waals surface area contributed by atoms with Crippen LogP contribution >= 0.6 is 11.6 Å². The Hall–Kier alpha value is -1.81. The van der Waals surface area contributed by atoms with Gasteiger partial charge in [-0.1, -0.05) is 23.7 Å². The first kappa shape index (κ1) is 13.6. The molecule has 0 saturated carbocycles. The smallest absolute Gasteiger partial charge is 0.131 e. The minimum Gasteiger partial charge on any atom is -0.370 e. The average molecular weight is 277 g/mol. The van der Waals surface area contributed by atoms with Crippen LogP contribution in [0.5, 0.6) is 0 Å². The Morgan fingerprint density at radius 3 is 2.74 bits per heavy atom. The fourth-order valence-corrected chi connectivity index (χ4v) is 1.99. The van der Waals surface area contributed by atoms with Crippen molar-refractivity contribution in [2.75, 3.05) is 17.2 Å². The second-order valence-corrected chi connectivity index (χ2v) is 4.68. The standard InChI is InChI=1S/C14H17ClN4/c1-3-16-13-8-14(18-9-17-13)19-10(2)11-5-4-6-12(15)7-11/h4-10H,3H2,1-2H3,(H2,16,17,18,19). The summed E-state index contributed by atoms with van der Waals surface area (Å²) in [5, 5.41) is 7.23. The van der Waals surface area contributed by atoms with Crippen LogP contribution < -0.4 is 10.6 Å². The molecule has 1 unspecified atom stereocenters. The molecule has 2 N–H and O–H groups in total. The number of nitrogens with zero attached hydrogens (tertiary/aromatic N) is 2. The quantitative estimate of drug-likeness (QED) is 0.874. The number of aromatic nitrogens is 2. The van der Waals surface area contributed by atoms with E-state index in [0.29, 0.717) is 0 Å². The van der Waals surface area contributed by atoms with Gasteiger partial charge in [0.15, 0.2) is 0 Å². The van der Waals surface area contributed by atoms with Crippen LogP contribution in [0.25, 0.3) is 0 Å². The van der Waals surface area contributed by atoms with Crippen molar-refractivity contribution < 1.29 is 0 Å². The zero-order valence-electron chi connectivity index (χ0n) is 11.0. The van der Waals surface area contributed by atoms with Gasteiger partial charge in [0.25, 0.3) is 0 Å². The molecule has 5 heteroatoms. The van der Waals surface area contributed by atoms with E-state index in [1.54, 1.807) is 6.33 Å². The second-order valence-electron chi connectivity index (χ2n) is 4.24. The third kappa shape index (κ3) is 3.83. The lowest BCUT2D eigenvalue weighted by Gasteiger charge is -2.15. The largest absolute Gasteiger partial charge is 0.370 e. The molecule has 2 rings (SSSR count). The summed E-state index contributed by atoms with van der Waals surface area (Å²) in [6.07, 6.45) is 1.55. The molecule has 1 atom stereocenters. The zero-order valence-corrected chi connectivity index (χ0v) is 11.8. The van der Waals surface area contributed by atoms with Crippen LogP contribution in [0.2, 0.25) is 5.02 Å². The minimum atomic E-state index is 0.128. The summed E-state index contributed by atoms with van der Waals surface area (Å²) in [7, 11) is 0. The first-order chi connectivity index (χ1) is 9.19. The van der Waals surface area contributed by atoms with Gasteiger partial charge in [-0.2, -0.15) is 0 Å². The molecule has 4 nitrogen and oxygen atoms in total. The van der Waals surface area contributed by atoms with E-state index in [9.17, 15) is 0 Å². The predicted molar refractivity (Wildman–Crippen MR) is 79.7 cm³/mol. The van der Waals surface area contributed by atoms with Crippen LogP contribution in [0.4, 0.5) is 11.6 Å². The van der Waals surface area contributed by atoms with E-state index < -0.39 is 0 Å². The lowest BCUT2D eigenvalue weighted by atomic mass is 10.1. The number of hydrogen-bond donors (Lipinski definition) is 2. The molecule has 0 radical (unpaired) electrons. The van der Waals surface area contributed by atoms with E-state index in [0.717, 1.165) is 28.8 Å². The van der Waals surface area contributed by atoms with Crippen LogP contribution in [0.3, 0.4) is 0 Å². The third-order valence-corrected chi connectivity index (χ3v) is 2.97. The van der Waals surface area contributed by atoms with Crippen molar-refractivity contribution in [3.8, 4) is 0 Å². The van der Waals surface area contributed by atoms with E-state index in [1.807, 2.05) is 37.3 Å². The number of nitrogens with one attached hydrogen (secondary N) is 2. The maximum atomic E-state index is 5.99. The van der Waals surface area contributed by atoms with Gasteiger partial charge in [-0.25, -0.2) is 9.97 Å². The molecule has 0 aliphatic rings. The molecule has 1 heterocycles. The number of benzene rings is 1. The number of halogens is 1. The van der Waals surface area contributed by atoms with Gasteiger partial charge >= 0.3 is 0 Å². The summed E-state index contributed by atoms with van der Waals surface area (Å²) in [6.45, 7) is 4.94. The Bertz CT molecular complexity index is 544. The number of rotatable bonds is 5. The number of hydrogen-bond acceptors (Lipinski definition) is 4. The lowest BCUT2D eigenvalue weighted by molar-refractivity contribution is 0.872. The Morgan fingerprint density at radius 2 is 2.00 bits per heavy atom. The van der Waals surface area contributed by atoms with Crippen molar-refractivity contribution >= 4 is 23.2 Å². The molecule has 0 fully saturated rings. The van der Waals surface area contributed by atoms with E-state index in [1.165, 1.54) is 0 Å². The van der Waals surface area contributed by atoms with Gasteiger partial charge in [0.1, 0.15) is 18.0 Å². The van der Waals surface area contributed by atoms with Crippen LogP contribution in [-0.4, -0.2) is 16.5 Å². The molecule has 0 bridgehead atoms. The van der Waals surface area contributed by atoms with Gasteiger partial charge in [0.05, 0.1) is 0 Å². The van der Waals surface area contributed by atoms with Crippen molar-refractivity contribution in [1.29, 1.82) is 0 Å². The highest BCUT2D eigenvalue weighted by Gasteiger charge is 2.07. The first-order valence-corrected chi connectivity index (χ1v) is 6.64. The van der Waals surface area contributed by atoms with Crippen LogP contribution in [0.15, 0.2) is 36.7 Å². The molecule has 0 aliphatic carbocycles. The molecule has 0 amide bonds. The van der Waals surface area contributed by atoms with Gasteiger partial charge in [-0.3, -0.25) is 0 Å². The van der Waals surface area contributed by atoms with E-state index in [4.69, 9.17) is 11.6 Å². The molecule has 2 aromatic rings. The summed E-state index contributed by atoms with van der Waals surface area (Å²) in [5.41, 5.74) is 1.12. The molecule has 1 aromatic heterocycles. The SMILES string of the molecule is CCNc1cc(NC(C)c2cccc(Cl)c2)ncn1. The molecule has 1 aromatic carbocycles. The highest BCUT2D eigenvalue weighted by molar-refractivity contribution is 6.30. The highest BCUT2D eigenvalue weighted by Crippen LogP contribution is 2.21.